The van der Waals surface area contributed by atoms with Gasteiger partial charge >= 0.3 is 0 Å². The monoisotopic (exact) mass is 317 g/mol. The number of rotatable bonds is 6. The zero-order valence-electron chi connectivity index (χ0n) is 11.3. The highest BCUT2D eigenvalue weighted by atomic mass is 35.5. The molecule has 0 radical (unpaired) electrons. The number of hydrogen-bond acceptors (Lipinski definition) is 5. The van der Waals surface area contributed by atoms with Gasteiger partial charge in [-0.1, -0.05) is 6.92 Å². The zero-order valence-corrected chi connectivity index (χ0v) is 12.9. The van der Waals surface area contributed by atoms with Crippen molar-refractivity contribution in [3.05, 3.63) is 18.0 Å². The molecule has 20 heavy (non-hydrogen) atoms. The van der Waals surface area contributed by atoms with Crippen molar-refractivity contribution in [2.24, 2.45) is 0 Å². The van der Waals surface area contributed by atoms with E-state index in [9.17, 15) is 8.42 Å². The van der Waals surface area contributed by atoms with Gasteiger partial charge in [-0.15, -0.1) is 11.6 Å². The van der Waals surface area contributed by atoms with Crippen LogP contribution < -0.4 is 4.74 Å². The normalized spacial score (nSPS) is 11.9. The molecule has 0 aromatic carbocycles. The second-order valence-electron chi connectivity index (χ2n) is 4.25. The Kier molecular flexibility index (Phi) is 4.49. The highest BCUT2D eigenvalue weighted by Crippen LogP contribution is 2.19. The van der Waals surface area contributed by atoms with Crippen molar-refractivity contribution in [1.82, 2.24) is 14.5 Å². The fourth-order valence-corrected chi connectivity index (χ4v) is 2.81. The van der Waals surface area contributed by atoms with Crippen LogP contribution in [0.3, 0.4) is 0 Å². The van der Waals surface area contributed by atoms with Crippen LogP contribution in [0.15, 0.2) is 12.1 Å². The standard InChI is InChI=1S/C12H16ClN3O3S/c1-3-20(17,18)7-6-16-10(8-13)14-9-4-5-11(19-2)15-12(9)16/h4-5H,3,6-8H2,1-2H3. The van der Waals surface area contributed by atoms with Gasteiger partial charge < -0.3 is 9.30 Å². The summed E-state index contributed by atoms with van der Waals surface area (Å²) in [6.45, 7) is 1.92. The number of imidazole rings is 1. The zero-order chi connectivity index (χ0) is 14.8. The van der Waals surface area contributed by atoms with E-state index in [1.807, 2.05) is 0 Å². The summed E-state index contributed by atoms with van der Waals surface area (Å²) in [4.78, 5) is 8.66. The van der Waals surface area contributed by atoms with E-state index in [1.165, 1.54) is 7.11 Å². The molecular formula is C12H16ClN3O3S. The molecule has 8 heteroatoms. The molecule has 6 nitrogen and oxygen atoms in total. The van der Waals surface area contributed by atoms with E-state index in [0.717, 1.165) is 0 Å². The third kappa shape index (κ3) is 3.04. The first-order valence-corrected chi connectivity index (χ1v) is 8.53. The van der Waals surface area contributed by atoms with Crippen LogP contribution in [0.5, 0.6) is 5.88 Å². The molecule has 2 aromatic heterocycles. The number of ether oxygens (including phenoxy) is 1. The first-order valence-electron chi connectivity index (χ1n) is 6.17. The van der Waals surface area contributed by atoms with Crippen LogP contribution in [0.4, 0.5) is 0 Å². The Hall–Kier alpha value is -1.34. The minimum absolute atomic E-state index is 0.0394. The van der Waals surface area contributed by atoms with Gasteiger partial charge in [0.2, 0.25) is 5.88 Å². The Morgan fingerprint density at radius 3 is 2.70 bits per heavy atom. The number of aromatic nitrogens is 3. The Morgan fingerprint density at radius 2 is 2.10 bits per heavy atom. The van der Waals surface area contributed by atoms with Crippen molar-refractivity contribution < 1.29 is 13.2 Å². The van der Waals surface area contributed by atoms with E-state index < -0.39 is 9.84 Å². The maximum atomic E-state index is 11.6. The predicted molar refractivity (Wildman–Crippen MR) is 78.0 cm³/mol. The van der Waals surface area contributed by atoms with E-state index >= 15 is 0 Å². The van der Waals surface area contributed by atoms with Crippen molar-refractivity contribution in [1.29, 1.82) is 0 Å². The summed E-state index contributed by atoms with van der Waals surface area (Å²) in [7, 11) is -1.53. The SMILES string of the molecule is CCS(=O)(=O)CCn1c(CCl)nc2ccc(OC)nc21. The van der Waals surface area contributed by atoms with E-state index in [4.69, 9.17) is 16.3 Å². The largest absolute Gasteiger partial charge is 0.481 e. The predicted octanol–water partition coefficient (Wildman–Crippen LogP) is 1.61. The number of alkyl halides is 1. The Labute approximate surface area is 122 Å². The molecule has 2 aromatic rings. The summed E-state index contributed by atoms with van der Waals surface area (Å²) in [5.74, 6) is 1.42. The van der Waals surface area contributed by atoms with Crippen LogP contribution in [-0.4, -0.2) is 41.6 Å². The number of methoxy groups -OCH3 is 1. The van der Waals surface area contributed by atoms with Gasteiger partial charge in [-0.25, -0.2) is 13.4 Å². The smallest absolute Gasteiger partial charge is 0.215 e. The van der Waals surface area contributed by atoms with E-state index in [0.29, 0.717) is 22.9 Å². The molecule has 0 saturated carbocycles. The van der Waals surface area contributed by atoms with Crippen LogP contribution in [0.25, 0.3) is 11.2 Å². The summed E-state index contributed by atoms with van der Waals surface area (Å²) >= 11 is 5.87. The molecule has 0 atom stereocenters. The van der Waals surface area contributed by atoms with Gasteiger partial charge in [0.15, 0.2) is 15.5 Å². The van der Waals surface area contributed by atoms with E-state index in [2.05, 4.69) is 9.97 Å². The maximum absolute atomic E-state index is 11.6. The summed E-state index contributed by atoms with van der Waals surface area (Å²) in [5, 5.41) is 0. The highest BCUT2D eigenvalue weighted by Gasteiger charge is 2.15. The van der Waals surface area contributed by atoms with Gasteiger partial charge in [-0.3, -0.25) is 0 Å². The number of hydrogen-bond donors (Lipinski definition) is 0. The van der Waals surface area contributed by atoms with Crippen LogP contribution in [0, 0.1) is 0 Å². The van der Waals surface area contributed by atoms with Gasteiger partial charge in [-0.2, -0.15) is 4.98 Å². The van der Waals surface area contributed by atoms with Gasteiger partial charge in [0.1, 0.15) is 11.3 Å². The molecule has 0 aliphatic heterocycles. The van der Waals surface area contributed by atoms with Gasteiger partial charge in [-0.05, 0) is 6.07 Å². The van der Waals surface area contributed by atoms with Crippen molar-refractivity contribution in [2.45, 2.75) is 19.3 Å². The van der Waals surface area contributed by atoms with Crippen molar-refractivity contribution in [2.75, 3.05) is 18.6 Å². The summed E-state index contributed by atoms with van der Waals surface area (Å²) < 4.78 is 30.1. The molecule has 0 saturated heterocycles. The van der Waals surface area contributed by atoms with Crippen molar-refractivity contribution in [3.63, 3.8) is 0 Å². The summed E-state index contributed by atoms with van der Waals surface area (Å²) in [6.07, 6.45) is 0. The number of aryl methyl sites for hydroxylation is 1. The summed E-state index contributed by atoms with van der Waals surface area (Å²) in [5.41, 5.74) is 1.27. The number of fused-ring (bicyclic) bond motifs is 1. The lowest BCUT2D eigenvalue weighted by molar-refractivity contribution is 0.399. The molecule has 0 aliphatic carbocycles. The van der Waals surface area contributed by atoms with Crippen molar-refractivity contribution >= 4 is 32.6 Å². The first-order chi connectivity index (χ1) is 9.50. The van der Waals surface area contributed by atoms with Crippen LogP contribution >= 0.6 is 11.6 Å². The fourth-order valence-electron chi connectivity index (χ4n) is 1.86. The minimum Gasteiger partial charge on any atom is -0.481 e. The maximum Gasteiger partial charge on any atom is 0.215 e. The average Bonchev–Trinajstić information content (AvgIpc) is 2.82. The number of sulfone groups is 1. The lowest BCUT2D eigenvalue weighted by Crippen LogP contribution is -2.16. The topological polar surface area (TPSA) is 74.1 Å². The third-order valence-electron chi connectivity index (χ3n) is 3.04. The molecule has 0 bridgehead atoms. The lowest BCUT2D eigenvalue weighted by atomic mass is 10.4. The fraction of sp³-hybridized carbons (Fsp3) is 0.500. The quantitative estimate of drug-likeness (QED) is 0.757. The molecule has 0 fully saturated rings. The Bertz CT molecular complexity index is 712. The molecule has 2 rings (SSSR count). The molecular weight excluding hydrogens is 302 g/mol. The molecule has 0 amide bonds. The second kappa shape index (κ2) is 5.97. The minimum atomic E-state index is -3.06. The molecule has 0 spiro atoms. The van der Waals surface area contributed by atoms with Crippen LogP contribution in [0.2, 0.25) is 0 Å². The second-order valence-corrected chi connectivity index (χ2v) is 6.99. The molecule has 0 aliphatic rings. The van der Waals surface area contributed by atoms with E-state index in [1.54, 1.807) is 23.6 Å². The van der Waals surface area contributed by atoms with Crippen LogP contribution in [-0.2, 0) is 22.3 Å². The number of pyridine rings is 1. The van der Waals surface area contributed by atoms with Crippen molar-refractivity contribution in [3.8, 4) is 5.88 Å². The van der Waals surface area contributed by atoms with Gasteiger partial charge in [0.25, 0.3) is 0 Å². The molecule has 110 valence electrons. The Morgan fingerprint density at radius 1 is 1.35 bits per heavy atom. The summed E-state index contributed by atoms with van der Waals surface area (Å²) in [6, 6.07) is 3.49. The lowest BCUT2D eigenvalue weighted by Gasteiger charge is -2.07. The number of nitrogens with zero attached hydrogens (tertiary/aromatic N) is 3. The first kappa shape index (κ1) is 15.1. The van der Waals surface area contributed by atoms with Gasteiger partial charge in [0, 0.05) is 18.4 Å². The number of halogens is 1. The van der Waals surface area contributed by atoms with Crippen LogP contribution in [0.1, 0.15) is 12.7 Å². The molecule has 0 unspecified atom stereocenters. The van der Waals surface area contributed by atoms with E-state index in [-0.39, 0.29) is 23.9 Å². The average molecular weight is 318 g/mol. The van der Waals surface area contributed by atoms with Gasteiger partial charge in [0.05, 0.1) is 18.7 Å². The molecule has 0 N–H and O–H groups in total. The molecule has 2 heterocycles. The third-order valence-corrected chi connectivity index (χ3v) is 4.96. The Balaban J connectivity index is 2.43. The highest BCUT2D eigenvalue weighted by molar-refractivity contribution is 7.91.